The van der Waals surface area contributed by atoms with Crippen molar-refractivity contribution in [3.8, 4) is 0 Å². The highest BCUT2D eigenvalue weighted by Gasteiger charge is 2.34. The number of anilines is 2. The van der Waals surface area contributed by atoms with Gasteiger partial charge in [-0.1, -0.05) is 0 Å². The van der Waals surface area contributed by atoms with Gasteiger partial charge < -0.3 is 11.1 Å². The maximum absolute atomic E-state index is 13.0. The van der Waals surface area contributed by atoms with Crippen molar-refractivity contribution < 1.29 is 13.2 Å². The summed E-state index contributed by atoms with van der Waals surface area (Å²) in [5.41, 5.74) is 5.99. The van der Waals surface area contributed by atoms with Gasteiger partial charge in [-0.15, -0.1) is 0 Å². The molecule has 20 heavy (non-hydrogen) atoms. The lowest BCUT2D eigenvalue weighted by molar-refractivity contribution is -0.136. The van der Waals surface area contributed by atoms with E-state index in [-0.39, 0.29) is 17.4 Å². The molecule has 0 saturated carbocycles. The van der Waals surface area contributed by atoms with E-state index < -0.39 is 11.7 Å². The third-order valence-electron chi connectivity index (χ3n) is 2.87. The molecule has 0 radical (unpaired) electrons. The van der Waals surface area contributed by atoms with Crippen LogP contribution in [0.15, 0.2) is 35.0 Å². The fraction of sp³-hybridized carbons (Fsp3) is 0.286. The number of nitrogen functional groups attached to an aromatic ring is 1. The Morgan fingerprint density at radius 2 is 2.05 bits per heavy atom. The summed E-state index contributed by atoms with van der Waals surface area (Å²) >= 11 is 1.57. The third-order valence-corrected chi connectivity index (χ3v) is 3.60. The lowest BCUT2D eigenvalue weighted by Crippen LogP contribution is -2.20. The molecule has 2 rings (SSSR count). The van der Waals surface area contributed by atoms with Crippen molar-refractivity contribution in [3.05, 3.63) is 46.2 Å². The Morgan fingerprint density at radius 3 is 2.65 bits per heavy atom. The molecule has 3 N–H and O–H groups in total. The molecule has 6 heteroatoms. The minimum Gasteiger partial charge on any atom is -0.399 e. The zero-order chi connectivity index (χ0) is 14.8. The smallest absolute Gasteiger partial charge is 0.399 e. The second kappa shape index (κ2) is 5.75. The first-order valence-electron chi connectivity index (χ1n) is 6.10. The molecule has 0 spiro atoms. The summed E-state index contributed by atoms with van der Waals surface area (Å²) in [6.45, 7) is 1.86. The Hall–Kier alpha value is -1.69. The van der Waals surface area contributed by atoms with Crippen molar-refractivity contribution in [1.29, 1.82) is 0 Å². The number of halogens is 3. The molecule has 0 aliphatic rings. The molecule has 0 aliphatic carbocycles. The van der Waals surface area contributed by atoms with Crippen molar-refractivity contribution in [2.45, 2.75) is 25.6 Å². The summed E-state index contributed by atoms with van der Waals surface area (Å²) in [7, 11) is 0. The van der Waals surface area contributed by atoms with E-state index in [0.717, 1.165) is 11.6 Å². The van der Waals surface area contributed by atoms with Gasteiger partial charge >= 0.3 is 6.18 Å². The minimum atomic E-state index is -4.42. The molecule has 1 atom stereocenters. The highest BCUT2D eigenvalue weighted by molar-refractivity contribution is 7.07. The molecular formula is C14H15F3N2S. The predicted octanol–water partition coefficient (Wildman–Crippen LogP) is 4.39. The third kappa shape index (κ3) is 3.66. The van der Waals surface area contributed by atoms with Gasteiger partial charge in [0.05, 0.1) is 5.56 Å². The SMILES string of the molecule is CC(Cc1ccsc1)Nc1ccc(N)cc1C(F)(F)F. The largest absolute Gasteiger partial charge is 0.418 e. The minimum absolute atomic E-state index is 0.0643. The van der Waals surface area contributed by atoms with Crippen LogP contribution in [0.2, 0.25) is 0 Å². The van der Waals surface area contributed by atoms with Crippen LogP contribution >= 0.6 is 11.3 Å². The van der Waals surface area contributed by atoms with Gasteiger partial charge in [-0.25, -0.2) is 0 Å². The first kappa shape index (κ1) is 14.7. The molecule has 0 aliphatic heterocycles. The highest BCUT2D eigenvalue weighted by atomic mass is 32.1. The molecule has 0 amide bonds. The van der Waals surface area contributed by atoms with Gasteiger partial charge in [-0.2, -0.15) is 24.5 Å². The molecule has 1 unspecified atom stereocenters. The van der Waals surface area contributed by atoms with Gasteiger partial charge in [0.2, 0.25) is 0 Å². The zero-order valence-corrected chi connectivity index (χ0v) is 11.7. The van der Waals surface area contributed by atoms with Gasteiger partial charge in [0.15, 0.2) is 0 Å². The summed E-state index contributed by atoms with van der Waals surface area (Å²) in [4.78, 5) is 0. The molecule has 108 valence electrons. The molecule has 2 nitrogen and oxygen atoms in total. The number of hydrogen-bond acceptors (Lipinski definition) is 3. The van der Waals surface area contributed by atoms with Crippen molar-refractivity contribution in [2.75, 3.05) is 11.1 Å². The van der Waals surface area contributed by atoms with Crippen LogP contribution in [-0.2, 0) is 12.6 Å². The summed E-state index contributed by atoms with van der Waals surface area (Å²) in [5, 5.41) is 6.85. The molecule has 0 fully saturated rings. The van der Waals surface area contributed by atoms with Crippen LogP contribution < -0.4 is 11.1 Å². The predicted molar refractivity (Wildman–Crippen MR) is 77.0 cm³/mol. The monoisotopic (exact) mass is 300 g/mol. The topological polar surface area (TPSA) is 38.0 Å². The maximum Gasteiger partial charge on any atom is 0.418 e. The number of thiophene rings is 1. The quantitative estimate of drug-likeness (QED) is 0.822. The average Bonchev–Trinajstić information content (AvgIpc) is 2.82. The first-order valence-corrected chi connectivity index (χ1v) is 7.05. The Balaban J connectivity index is 2.16. The average molecular weight is 300 g/mol. The second-order valence-electron chi connectivity index (χ2n) is 4.68. The van der Waals surface area contributed by atoms with Gasteiger partial charge in [-0.05, 0) is 53.9 Å². The molecule has 0 saturated heterocycles. The molecule has 0 bridgehead atoms. The summed E-state index contributed by atoms with van der Waals surface area (Å²) in [6.07, 6.45) is -3.75. The van der Waals surface area contributed by atoms with Gasteiger partial charge in [0, 0.05) is 17.4 Å². The summed E-state index contributed by atoms with van der Waals surface area (Å²) in [6, 6.07) is 5.67. The summed E-state index contributed by atoms with van der Waals surface area (Å²) < 4.78 is 38.9. The molecular weight excluding hydrogens is 285 g/mol. The number of rotatable bonds is 4. The van der Waals surface area contributed by atoms with E-state index in [9.17, 15) is 13.2 Å². The van der Waals surface area contributed by atoms with E-state index in [1.807, 2.05) is 23.8 Å². The molecule has 2 aromatic rings. The van der Waals surface area contributed by atoms with Crippen LogP contribution in [-0.4, -0.2) is 6.04 Å². The normalized spacial score (nSPS) is 13.2. The van der Waals surface area contributed by atoms with E-state index in [0.29, 0.717) is 6.42 Å². The van der Waals surface area contributed by atoms with Crippen LogP contribution in [0, 0.1) is 0 Å². The maximum atomic E-state index is 13.0. The second-order valence-corrected chi connectivity index (χ2v) is 5.46. The Kier molecular flexibility index (Phi) is 4.23. The van der Waals surface area contributed by atoms with Crippen LogP contribution in [0.25, 0.3) is 0 Å². The van der Waals surface area contributed by atoms with Crippen LogP contribution in [0.5, 0.6) is 0 Å². The van der Waals surface area contributed by atoms with E-state index in [1.165, 1.54) is 12.1 Å². The number of nitrogens with two attached hydrogens (primary N) is 1. The summed E-state index contributed by atoms with van der Waals surface area (Å²) in [5.74, 6) is 0. The van der Waals surface area contributed by atoms with Crippen molar-refractivity contribution >= 4 is 22.7 Å². The number of nitrogens with one attached hydrogen (secondary N) is 1. The number of hydrogen-bond donors (Lipinski definition) is 2. The fourth-order valence-electron chi connectivity index (χ4n) is 2.00. The van der Waals surface area contributed by atoms with Crippen molar-refractivity contribution in [3.63, 3.8) is 0 Å². The standard InChI is InChI=1S/C14H15F3N2S/c1-9(6-10-4-5-20-8-10)19-13-3-2-11(18)7-12(13)14(15,16)17/h2-5,7-9,19H,6,18H2,1H3. The molecule has 1 aromatic carbocycles. The van der Waals surface area contributed by atoms with E-state index >= 15 is 0 Å². The molecule has 1 aromatic heterocycles. The lowest BCUT2D eigenvalue weighted by Gasteiger charge is -2.19. The van der Waals surface area contributed by atoms with Gasteiger partial charge in [-0.3, -0.25) is 0 Å². The van der Waals surface area contributed by atoms with E-state index in [1.54, 1.807) is 11.3 Å². The Morgan fingerprint density at radius 1 is 1.30 bits per heavy atom. The van der Waals surface area contributed by atoms with E-state index in [4.69, 9.17) is 5.73 Å². The van der Waals surface area contributed by atoms with Crippen molar-refractivity contribution in [1.82, 2.24) is 0 Å². The van der Waals surface area contributed by atoms with Crippen LogP contribution in [0.4, 0.5) is 24.5 Å². The van der Waals surface area contributed by atoms with Crippen LogP contribution in [0.3, 0.4) is 0 Å². The number of benzene rings is 1. The lowest BCUT2D eigenvalue weighted by atomic mass is 10.1. The van der Waals surface area contributed by atoms with Crippen molar-refractivity contribution in [2.24, 2.45) is 0 Å². The number of alkyl halides is 3. The Bertz CT molecular complexity index is 564. The first-order chi connectivity index (χ1) is 9.36. The van der Waals surface area contributed by atoms with E-state index in [2.05, 4.69) is 5.32 Å². The van der Waals surface area contributed by atoms with Gasteiger partial charge in [0.25, 0.3) is 0 Å². The fourth-order valence-corrected chi connectivity index (χ4v) is 2.68. The zero-order valence-electron chi connectivity index (χ0n) is 10.9. The molecule has 1 heterocycles. The van der Waals surface area contributed by atoms with Crippen LogP contribution in [0.1, 0.15) is 18.1 Å². The highest BCUT2D eigenvalue weighted by Crippen LogP contribution is 2.36. The van der Waals surface area contributed by atoms with Gasteiger partial charge in [0.1, 0.15) is 0 Å². The Labute approximate surface area is 119 Å².